The molecular formula is C8H15NO7. The minimum Gasteiger partial charge on any atom is -0.480 e. The minimum absolute atomic E-state index is 0.547. The molecule has 0 amide bonds. The van der Waals surface area contributed by atoms with Gasteiger partial charge in [0.1, 0.15) is 18.3 Å². The molecule has 0 unspecified atom stereocenters. The molecule has 1 saturated heterocycles. The predicted octanol–water partition coefficient (Wildman–Crippen LogP) is -3.54. The van der Waals surface area contributed by atoms with Gasteiger partial charge in [0, 0.05) is 0 Å². The number of aliphatic hydroxyl groups excluding tert-OH is 4. The van der Waals surface area contributed by atoms with Gasteiger partial charge in [-0.05, 0) is 0 Å². The van der Waals surface area contributed by atoms with E-state index in [-0.39, 0.29) is 0 Å². The third-order valence-corrected chi connectivity index (χ3v) is 2.50. The number of carbonyl (C=O) groups is 1. The van der Waals surface area contributed by atoms with E-state index in [0.717, 1.165) is 0 Å². The van der Waals surface area contributed by atoms with Crippen LogP contribution in [0.15, 0.2) is 0 Å². The highest BCUT2D eigenvalue weighted by molar-refractivity contribution is 5.69. The molecule has 0 aromatic carbocycles. The van der Waals surface area contributed by atoms with Crippen LogP contribution < -0.4 is 5.32 Å². The van der Waals surface area contributed by atoms with Crippen LogP contribution in [-0.2, 0) is 9.53 Å². The van der Waals surface area contributed by atoms with E-state index in [0.29, 0.717) is 0 Å². The van der Waals surface area contributed by atoms with E-state index in [9.17, 15) is 15.0 Å². The summed E-state index contributed by atoms with van der Waals surface area (Å²) in [5.74, 6) is -1.20. The Morgan fingerprint density at radius 1 is 1.38 bits per heavy atom. The Hall–Kier alpha value is -0.770. The highest BCUT2D eigenvalue weighted by Gasteiger charge is 2.53. The molecule has 1 fully saturated rings. The molecule has 6 N–H and O–H groups in total. The summed E-state index contributed by atoms with van der Waals surface area (Å²) in [6, 6.07) is 0. The SMILES string of the molecule is O=C(O)CN[C@@]1(CO)O[C@H](CO)[C@@H](O)[C@@H]1O. The topological polar surface area (TPSA) is 139 Å². The number of ether oxygens (including phenoxy) is 1. The number of aliphatic carboxylic acids is 1. The molecule has 1 aliphatic rings. The maximum Gasteiger partial charge on any atom is 0.317 e. The molecule has 0 spiro atoms. The average molecular weight is 237 g/mol. The molecule has 0 aromatic rings. The maximum absolute atomic E-state index is 10.4. The Bertz CT molecular complexity index is 261. The van der Waals surface area contributed by atoms with Crippen LogP contribution in [0.4, 0.5) is 0 Å². The van der Waals surface area contributed by atoms with Crippen LogP contribution in [-0.4, -0.2) is 75.3 Å². The van der Waals surface area contributed by atoms with Gasteiger partial charge in [0.05, 0.1) is 19.8 Å². The summed E-state index contributed by atoms with van der Waals surface area (Å²) in [5.41, 5.74) is -1.76. The first-order valence-corrected chi connectivity index (χ1v) is 4.69. The van der Waals surface area contributed by atoms with E-state index >= 15 is 0 Å². The lowest BCUT2D eigenvalue weighted by Crippen LogP contribution is -2.58. The van der Waals surface area contributed by atoms with Gasteiger partial charge in [-0.15, -0.1) is 0 Å². The molecule has 16 heavy (non-hydrogen) atoms. The van der Waals surface area contributed by atoms with E-state index in [1.54, 1.807) is 0 Å². The highest BCUT2D eigenvalue weighted by Crippen LogP contribution is 2.28. The van der Waals surface area contributed by atoms with Crippen LogP contribution >= 0.6 is 0 Å². The standard InChI is InChI=1S/C8H15NO7/c10-2-4-6(14)7(15)8(3-11,16-4)9-1-5(12)13/h4,6-7,9-11,14-15H,1-3H2,(H,12,13)/t4-,6-,7+,8+/m1/s1. The lowest BCUT2D eigenvalue weighted by atomic mass is 10.0. The van der Waals surface area contributed by atoms with Crippen LogP contribution in [0.3, 0.4) is 0 Å². The monoisotopic (exact) mass is 237 g/mol. The zero-order chi connectivity index (χ0) is 12.3. The van der Waals surface area contributed by atoms with Crippen molar-refractivity contribution in [1.29, 1.82) is 0 Å². The fourth-order valence-corrected chi connectivity index (χ4v) is 1.59. The molecule has 94 valence electrons. The van der Waals surface area contributed by atoms with Crippen molar-refractivity contribution in [3.8, 4) is 0 Å². The molecule has 1 rings (SSSR count). The summed E-state index contributed by atoms with van der Waals surface area (Å²) in [4.78, 5) is 10.4. The van der Waals surface area contributed by atoms with E-state index in [1.165, 1.54) is 0 Å². The Kier molecular flexibility index (Phi) is 4.19. The fraction of sp³-hybridized carbons (Fsp3) is 0.875. The van der Waals surface area contributed by atoms with Gasteiger partial charge in [-0.1, -0.05) is 0 Å². The van der Waals surface area contributed by atoms with E-state index < -0.39 is 49.8 Å². The summed E-state index contributed by atoms with van der Waals surface area (Å²) < 4.78 is 5.05. The summed E-state index contributed by atoms with van der Waals surface area (Å²) in [6.45, 7) is -1.83. The molecule has 0 radical (unpaired) electrons. The number of hydrogen-bond acceptors (Lipinski definition) is 7. The van der Waals surface area contributed by atoms with Gasteiger partial charge in [-0.2, -0.15) is 0 Å². The first-order chi connectivity index (χ1) is 7.46. The van der Waals surface area contributed by atoms with Gasteiger partial charge in [0.15, 0.2) is 5.72 Å². The van der Waals surface area contributed by atoms with Crippen LogP contribution in [0.25, 0.3) is 0 Å². The predicted molar refractivity (Wildman–Crippen MR) is 49.4 cm³/mol. The van der Waals surface area contributed by atoms with Crippen LogP contribution in [0, 0.1) is 0 Å². The van der Waals surface area contributed by atoms with Gasteiger partial charge in [-0.25, -0.2) is 0 Å². The van der Waals surface area contributed by atoms with Gasteiger partial charge >= 0.3 is 5.97 Å². The third kappa shape index (κ3) is 2.32. The van der Waals surface area contributed by atoms with Crippen molar-refractivity contribution >= 4 is 5.97 Å². The van der Waals surface area contributed by atoms with Crippen molar-refractivity contribution in [3.63, 3.8) is 0 Å². The largest absolute Gasteiger partial charge is 0.480 e. The lowest BCUT2D eigenvalue weighted by molar-refractivity contribution is -0.150. The molecule has 1 aliphatic heterocycles. The van der Waals surface area contributed by atoms with E-state index in [2.05, 4.69) is 5.32 Å². The second-order valence-corrected chi connectivity index (χ2v) is 3.57. The molecule has 1 heterocycles. The Morgan fingerprint density at radius 3 is 2.38 bits per heavy atom. The van der Waals surface area contributed by atoms with Crippen molar-refractivity contribution in [2.24, 2.45) is 0 Å². The number of rotatable bonds is 5. The lowest BCUT2D eigenvalue weighted by Gasteiger charge is -2.30. The van der Waals surface area contributed by atoms with Gasteiger partial charge in [0.25, 0.3) is 0 Å². The van der Waals surface area contributed by atoms with Gasteiger partial charge in [0.2, 0.25) is 0 Å². The Balaban J connectivity index is 2.75. The Labute approximate surface area is 91.1 Å². The number of hydrogen-bond donors (Lipinski definition) is 6. The third-order valence-electron chi connectivity index (χ3n) is 2.50. The smallest absolute Gasteiger partial charge is 0.317 e. The van der Waals surface area contributed by atoms with Crippen molar-refractivity contribution in [2.45, 2.75) is 24.0 Å². The molecule has 8 heteroatoms. The van der Waals surface area contributed by atoms with Crippen LogP contribution in [0.2, 0.25) is 0 Å². The normalized spacial score (nSPS) is 38.9. The molecule has 0 aromatic heterocycles. The second-order valence-electron chi connectivity index (χ2n) is 3.57. The number of nitrogens with one attached hydrogen (secondary N) is 1. The molecule has 0 bridgehead atoms. The minimum atomic E-state index is -1.76. The zero-order valence-electron chi connectivity index (χ0n) is 8.41. The van der Waals surface area contributed by atoms with Crippen LogP contribution in [0.5, 0.6) is 0 Å². The quantitative estimate of drug-likeness (QED) is 0.289. The van der Waals surface area contributed by atoms with Gasteiger partial charge in [-0.3, -0.25) is 10.1 Å². The summed E-state index contributed by atoms with van der Waals surface area (Å²) in [7, 11) is 0. The first-order valence-electron chi connectivity index (χ1n) is 4.69. The van der Waals surface area contributed by atoms with Crippen LogP contribution in [0.1, 0.15) is 0 Å². The van der Waals surface area contributed by atoms with Crippen molar-refractivity contribution in [3.05, 3.63) is 0 Å². The highest BCUT2D eigenvalue weighted by atomic mass is 16.6. The molecular weight excluding hydrogens is 222 g/mol. The molecule has 0 aliphatic carbocycles. The fourth-order valence-electron chi connectivity index (χ4n) is 1.59. The number of aliphatic hydroxyl groups is 4. The molecule has 8 nitrogen and oxygen atoms in total. The molecule has 0 saturated carbocycles. The van der Waals surface area contributed by atoms with E-state index in [1.807, 2.05) is 0 Å². The Morgan fingerprint density at radius 2 is 2.00 bits per heavy atom. The van der Waals surface area contributed by atoms with Gasteiger partial charge < -0.3 is 30.3 Å². The average Bonchev–Trinajstić information content (AvgIpc) is 2.51. The maximum atomic E-state index is 10.4. The van der Waals surface area contributed by atoms with Crippen molar-refractivity contribution in [2.75, 3.05) is 19.8 Å². The van der Waals surface area contributed by atoms with Crippen molar-refractivity contribution in [1.82, 2.24) is 5.32 Å². The summed E-state index contributed by atoms with van der Waals surface area (Å²) in [6.07, 6.45) is -3.98. The number of carboxylic acid groups (broad SMARTS) is 1. The van der Waals surface area contributed by atoms with E-state index in [4.69, 9.17) is 20.1 Å². The summed E-state index contributed by atoms with van der Waals surface area (Å²) in [5, 5.41) is 47.8. The number of carboxylic acids is 1. The van der Waals surface area contributed by atoms with Crippen molar-refractivity contribution < 1.29 is 35.1 Å². The molecule has 4 atom stereocenters. The zero-order valence-corrected chi connectivity index (χ0v) is 8.41. The first kappa shape index (κ1) is 13.3. The summed E-state index contributed by atoms with van der Waals surface area (Å²) >= 11 is 0. The second kappa shape index (κ2) is 5.04.